The van der Waals surface area contributed by atoms with Gasteiger partial charge in [-0.05, 0) is 29.3 Å². The van der Waals surface area contributed by atoms with Gasteiger partial charge in [0.2, 0.25) is 0 Å². The van der Waals surface area contributed by atoms with Crippen molar-refractivity contribution in [2.75, 3.05) is 0 Å². The van der Waals surface area contributed by atoms with Gasteiger partial charge >= 0.3 is 0 Å². The van der Waals surface area contributed by atoms with Crippen LogP contribution in [0.25, 0.3) is 22.0 Å². The molecule has 0 aliphatic rings. The zero-order valence-corrected chi connectivity index (χ0v) is 14.7. The lowest BCUT2D eigenvalue weighted by atomic mass is 10.0. The highest BCUT2D eigenvalue weighted by atomic mass is 16.5. The van der Waals surface area contributed by atoms with Crippen molar-refractivity contribution in [2.45, 2.75) is 13.2 Å². The zero-order chi connectivity index (χ0) is 18.6. The number of rotatable bonds is 5. The summed E-state index contributed by atoms with van der Waals surface area (Å²) in [4.78, 5) is 19.8. The van der Waals surface area contributed by atoms with Gasteiger partial charge in [0, 0.05) is 41.0 Å². The minimum Gasteiger partial charge on any atom is -0.487 e. The molecule has 2 aromatic heterocycles. The van der Waals surface area contributed by atoms with Crippen LogP contribution in [0.3, 0.4) is 0 Å². The number of hydrogen-bond donors (Lipinski definition) is 2. The molecule has 4 aromatic rings. The summed E-state index contributed by atoms with van der Waals surface area (Å²) in [5.74, 6) is 0.684. The molecule has 5 heteroatoms. The number of benzene rings is 2. The minimum absolute atomic E-state index is 0.0458. The lowest BCUT2D eigenvalue weighted by molar-refractivity contribution is 0.305. The highest BCUT2D eigenvalue weighted by Gasteiger charge is 2.06. The van der Waals surface area contributed by atoms with Crippen molar-refractivity contribution in [2.24, 2.45) is 5.73 Å². The van der Waals surface area contributed by atoms with Gasteiger partial charge in [0.15, 0.2) is 5.43 Å². The number of nitrogens with zero attached hydrogens (tertiary/aromatic N) is 1. The summed E-state index contributed by atoms with van der Waals surface area (Å²) in [5.41, 5.74) is 9.97. The Labute approximate surface area is 156 Å². The zero-order valence-electron chi connectivity index (χ0n) is 14.7. The maximum Gasteiger partial charge on any atom is 0.189 e. The van der Waals surface area contributed by atoms with E-state index in [1.165, 1.54) is 0 Å². The molecule has 2 heterocycles. The number of nitrogens with two attached hydrogens (primary N) is 1. The van der Waals surface area contributed by atoms with Gasteiger partial charge in [0.05, 0.1) is 6.20 Å². The summed E-state index contributed by atoms with van der Waals surface area (Å²) < 4.78 is 5.85. The average molecular weight is 357 g/mol. The molecule has 0 radical (unpaired) electrons. The van der Waals surface area contributed by atoms with Crippen molar-refractivity contribution in [3.8, 4) is 16.9 Å². The summed E-state index contributed by atoms with van der Waals surface area (Å²) in [6.45, 7) is 0.781. The predicted molar refractivity (Wildman–Crippen MR) is 106 cm³/mol. The van der Waals surface area contributed by atoms with Crippen LogP contribution in [0, 0.1) is 0 Å². The normalized spacial score (nSPS) is 10.9. The predicted octanol–water partition coefficient (Wildman–Crippen LogP) is 3.63. The van der Waals surface area contributed by atoms with Gasteiger partial charge < -0.3 is 15.5 Å². The summed E-state index contributed by atoms with van der Waals surface area (Å²) in [5, 5.41) is 0.625. The molecule has 0 unspecified atom stereocenters. The molecule has 3 N–H and O–H groups in total. The molecule has 0 atom stereocenters. The van der Waals surface area contributed by atoms with Crippen LogP contribution in [0.4, 0.5) is 0 Å². The van der Waals surface area contributed by atoms with Crippen molar-refractivity contribution in [3.05, 3.63) is 94.5 Å². The molecule has 0 aliphatic carbocycles. The van der Waals surface area contributed by atoms with Crippen molar-refractivity contribution >= 4 is 10.9 Å². The fourth-order valence-electron chi connectivity index (χ4n) is 2.99. The molecular formula is C22H19N3O2. The minimum atomic E-state index is -0.0458. The van der Waals surface area contributed by atoms with Gasteiger partial charge in [-0.3, -0.25) is 9.78 Å². The van der Waals surface area contributed by atoms with Gasteiger partial charge in [-0.25, -0.2) is 0 Å². The van der Waals surface area contributed by atoms with E-state index in [0.29, 0.717) is 24.3 Å². The van der Waals surface area contributed by atoms with E-state index < -0.39 is 0 Å². The van der Waals surface area contributed by atoms with Gasteiger partial charge in [-0.1, -0.05) is 36.4 Å². The first-order valence-corrected chi connectivity index (χ1v) is 8.71. The van der Waals surface area contributed by atoms with E-state index in [0.717, 1.165) is 27.9 Å². The van der Waals surface area contributed by atoms with Crippen LogP contribution in [0.5, 0.6) is 5.75 Å². The lowest BCUT2D eigenvalue weighted by Gasteiger charge is -2.09. The van der Waals surface area contributed by atoms with E-state index in [2.05, 4.69) is 9.97 Å². The second-order valence-electron chi connectivity index (χ2n) is 6.31. The average Bonchev–Trinajstić information content (AvgIpc) is 2.73. The summed E-state index contributed by atoms with van der Waals surface area (Å²) >= 11 is 0. The molecule has 4 rings (SSSR count). The molecule has 5 nitrogen and oxygen atoms in total. The van der Waals surface area contributed by atoms with E-state index in [1.54, 1.807) is 18.5 Å². The third-order valence-electron chi connectivity index (χ3n) is 4.40. The van der Waals surface area contributed by atoms with Crippen molar-refractivity contribution in [1.29, 1.82) is 0 Å². The summed E-state index contributed by atoms with van der Waals surface area (Å²) in [6, 6.07) is 19.2. The SMILES string of the molecule is NCc1cc(=O)c2cc(-c3cncc(OCc4ccccc4)c3)ccc2[nH]1. The van der Waals surface area contributed by atoms with E-state index >= 15 is 0 Å². The summed E-state index contributed by atoms with van der Waals surface area (Å²) in [7, 11) is 0. The molecule has 0 amide bonds. The number of H-pyrrole nitrogens is 1. The fraction of sp³-hybridized carbons (Fsp3) is 0.0909. The van der Waals surface area contributed by atoms with Crippen LogP contribution >= 0.6 is 0 Å². The molecule has 134 valence electrons. The number of aromatic amines is 1. The van der Waals surface area contributed by atoms with Crippen LogP contribution < -0.4 is 15.9 Å². The van der Waals surface area contributed by atoms with Crippen LogP contribution in [0.2, 0.25) is 0 Å². The number of pyridine rings is 2. The Hall–Kier alpha value is -3.44. The maximum absolute atomic E-state index is 12.4. The molecule has 0 saturated heterocycles. The Morgan fingerprint density at radius 1 is 0.963 bits per heavy atom. The van der Waals surface area contributed by atoms with Crippen molar-refractivity contribution in [3.63, 3.8) is 0 Å². The van der Waals surface area contributed by atoms with Crippen LogP contribution in [-0.2, 0) is 13.2 Å². The van der Waals surface area contributed by atoms with E-state index in [1.807, 2.05) is 54.6 Å². The first kappa shape index (κ1) is 17.0. The quantitative estimate of drug-likeness (QED) is 0.571. The molecule has 27 heavy (non-hydrogen) atoms. The monoisotopic (exact) mass is 357 g/mol. The smallest absolute Gasteiger partial charge is 0.189 e. The number of fused-ring (bicyclic) bond motifs is 1. The number of nitrogens with one attached hydrogen (secondary N) is 1. The lowest BCUT2D eigenvalue weighted by Crippen LogP contribution is -2.08. The molecule has 0 aliphatic heterocycles. The summed E-state index contributed by atoms with van der Waals surface area (Å²) in [6.07, 6.45) is 3.45. The van der Waals surface area contributed by atoms with E-state index in [-0.39, 0.29) is 5.43 Å². The molecule has 0 saturated carbocycles. The first-order valence-electron chi connectivity index (χ1n) is 8.71. The second-order valence-corrected chi connectivity index (χ2v) is 6.31. The Bertz CT molecular complexity index is 1140. The number of ether oxygens (including phenoxy) is 1. The third-order valence-corrected chi connectivity index (χ3v) is 4.40. The third kappa shape index (κ3) is 3.73. The molecular weight excluding hydrogens is 338 g/mol. The van der Waals surface area contributed by atoms with Crippen LogP contribution in [0.15, 0.2) is 77.9 Å². The standard InChI is InChI=1S/C22H19N3O2/c23-11-18-10-22(26)20-9-16(6-7-21(20)25-18)17-8-19(13-24-12-17)27-14-15-4-2-1-3-5-15/h1-10,12-13H,11,14,23H2,(H,25,26). The van der Waals surface area contributed by atoms with Gasteiger partial charge in [0.25, 0.3) is 0 Å². The van der Waals surface area contributed by atoms with Crippen molar-refractivity contribution in [1.82, 2.24) is 9.97 Å². The fourth-order valence-corrected chi connectivity index (χ4v) is 2.99. The molecule has 0 spiro atoms. The topological polar surface area (TPSA) is 81.0 Å². The Kier molecular flexibility index (Phi) is 4.68. The van der Waals surface area contributed by atoms with E-state index in [4.69, 9.17) is 10.5 Å². The Morgan fingerprint density at radius 2 is 1.81 bits per heavy atom. The largest absolute Gasteiger partial charge is 0.487 e. The highest BCUT2D eigenvalue weighted by molar-refractivity contribution is 5.84. The highest BCUT2D eigenvalue weighted by Crippen LogP contribution is 2.25. The molecule has 2 aromatic carbocycles. The van der Waals surface area contributed by atoms with Gasteiger partial charge in [0.1, 0.15) is 12.4 Å². The Balaban J connectivity index is 1.63. The molecule has 0 bridgehead atoms. The second kappa shape index (κ2) is 7.43. The number of aromatic nitrogens is 2. The van der Waals surface area contributed by atoms with Crippen molar-refractivity contribution < 1.29 is 4.74 Å². The number of hydrogen-bond acceptors (Lipinski definition) is 4. The van der Waals surface area contributed by atoms with E-state index in [9.17, 15) is 4.79 Å². The van der Waals surface area contributed by atoms with Crippen LogP contribution in [0.1, 0.15) is 11.3 Å². The van der Waals surface area contributed by atoms with Gasteiger partial charge in [-0.15, -0.1) is 0 Å². The maximum atomic E-state index is 12.4. The molecule has 0 fully saturated rings. The van der Waals surface area contributed by atoms with Crippen LogP contribution in [-0.4, -0.2) is 9.97 Å². The van der Waals surface area contributed by atoms with Gasteiger partial charge in [-0.2, -0.15) is 0 Å². The first-order chi connectivity index (χ1) is 13.2. The Morgan fingerprint density at radius 3 is 2.63 bits per heavy atom.